The van der Waals surface area contributed by atoms with Crippen molar-refractivity contribution in [3.05, 3.63) is 40.7 Å². The molecule has 1 aromatic carbocycles. The molecule has 0 saturated carbocycles. The van der Waals surface area contributed by atoms with Gasteiger partial charge in [0.15, 0.2) is 0 Å². The van der Waals surface area contributed by atoms with E-state index in [1.165, 1.54) is 5.82 Å². The first-order chi connectivity index (χ1) is 8.09. The lowest BCUT2D eigenvalue weighted by Crippen LogP contribution is -1.92. The van der Waals surface area contributed by atoms with Crippen LogP contribution in [0.15, 0.2) is 30.1 Å². The molecule has 0 unspecified atom stereocenters. The maximum absolute atomic E-state index is 12.1. The molecule has 1 aromatic rings. The van der Waals surface area contributed by atoms with Crippen molar-refractivity contribution in [3.8, 4) is 0 Å². The van der Waals surface area contributed by atoms with Gasteiger partial charge in [-0.3, -0.25) is 4.57 Å². The number of halogens is 1. The van der Waals surface area contributed by atoms with Crippen molar-refractivity contribution in [2.45, 2.75) is 13.8 Å². The first kappa shape index (κ1) is 14.5. The molecule has 0 saturated heterocycles. The molecule has 0 bridgehead atoms. The first-order valence-electron chi connectivity index (χ1n) is 5.43. The van der Waals surface area contributed by atoms with Gasteiger partial charge < -0.3 is 9.05 Å². The van der Waals surface area contributed by atoms with Crippen LogP contribution in [0.4, 0.5) is 0 Å². The molecule has 0 spiro atoms. The summed E-state index contributed by atoms with van der Waals surface area (Å²) in [6.07, 6.45) is 1.71. The van der Waals surface area contributed by atoms with E-state index < -0.39 is 7.60 Å². The van der Waals surface area contributed by atoms with Gasteiger partial charge in [-0.25, -0.2) is 0 Å². The van der Waals surface area contributed by atoms with Gasteiger partial charge in [0.2, 0.25) is 0 Å². The lowest BCUT2D eigenvalue weighted by atomic mass is 10.2. The van der Waals surface area contributed by atoms with E-state index >= 15 is 0 Å². The average Bonchev–Trinajstić information content (AvgIpc) is 2.29. The predicted octanol–water partition coefficient (Wildman–Crippen LogP) is 4.58. The molecule has 0 aliphatic carbocycles. The Labute approximate surface area is 107 Å². The van der Waals surface area contributed by atoms with E-state index in [1.807, 2.05) is 12.1 Å². The zero-order valence-electron chi connectivity index (χ0n) is 9.93. The van der Waals surface area contributed by atoms with E-state index in [0.717, 1.165) is 5.56 Å². The number of hydrogen-bond donors (Lipinski definition) is 0. The molecule has 0 aliphatic heterocycles. The van der Waals surface area contributed by atoms with Crippen molar-refractivity contribution >= 4 is 25.3 Å². The van der Waals surface area contributed by atoms with Crippen LogP contribution >= 0.6 is 19.2 Å². The second-order valence-electron chi connectivity index (χ2n) is 3.24. The highest BCUT2D eigenvalue weighted by molar-refractivity contribution is 7.57. The summed E-state index contributed by atoms with van der Waals surface area (Å²) in [5.74, 6) is 1.48. The fourth-order valence-electron chi connectivity index (χ4n) is 1.23. The molecule has 1 rings (SSSR count). The summed E-state index contributed by atoms with van der Waals surface area (Å²) in [6, 6.07) is 7.21. The van der Waals surface area contributed by atoms with Crippen molar-refractivity contribution in [1.82, 2.24) is 0 Å². The molecule has 0 N–H and O–H groups in total. The van der Waals surface area contributed by atoms with E-state index in [1.54, 1.807) is 32.1 Å². The average molecular weight is 275 g/mol. The smallest absolute Gasteiger partial charge is 0.306 e. The zero-order chi connectivity index (χ0) is 12.7. The van der Waals surface area contributed by atoms with Crippen LogP contribution < -0.4 is 0 Å². The summed E-state index contributed by atoms with van der Waals surface area (Å²) in [4.78, 5) is 0. The highest BCUT2D eigenvalue weighted by atomic mass is 35.5. The van der Waals surface area contributed by atoms with Gasteiger partial charge in [-0.2, -0.15) is 0 Å². The fourth-order valence-corrected chi connectivity index (χ4v) is 2.68. The van der Waals surface area contributed by atoms with Crippen LogP contribution in [0.3, 0.4) is 0 Å². The third-order valence-electron chi connectivity index (χ3n) is 1.94. The van der Waals surface area contributed by atoms with Gasteiger partial charge in [-0.05, 0) is 37.6 Å². The Morgan fingerprint density at radius 2 is 1.71 bits per heavy atom. The van der Waals surface area contributed by atoms with E-state index in [9.17, 15) is 4.57 Å². The zero-order valence-corrected chi connectivity index (χ0v) is 11.6. The van der Waals surface area contributed by atoms with Crippen molar-refractivity contribution in [3.63, 3.8) is 0 Å². The molecule has 17 heavy (non-hydrogen) atoms. The predicted molar refractivity (Wildman–Crippen MR) is 71.3 cm³/mol. The molecule has 0 fully saturated rings. The van der Waals surface area contributed by atoms with Gasteiger partial charge in [0.25, 0.3) is 0 Å². The Morgan fingerprint density at radius 3 is 2.18 bits per heavy atom. The van der Waals surface area contributed by atoms with Gasteiger partial charge in [0.1, 0.15) is 0 Å². The quantitative estimate of drug-likeness (QED) is 0.713. The summed E-state index contributed by atoms with van der Waals surface area (Å²) in [5.41, 5.74) is 0.897. The second kappa shape index (κ2) is 6.97. The molecule has 0 heterocycles. The Kier molecular flexibility index (Phi) is 5.93. The molecule has 0 atom stereocenters. The number of benzene rings is 1. The highest BCUT2D eigenvalue weighted by Crippen LogP contribution is 2.50. The minimum atomic E-state index is -3.11. The van der Waals surface area contributed by atoms with E-state index in [0.29, 0.717) is 18.2 Å². The monoisotopic (exact) mass is 274 g/mol. The van der Waals surface area contributed by atoms with Gasteiger partial charge in [-0.15, -0.1) is 0 Å². The minimum absolute atomic E-state index is 0.349. The largest absolute Gasteiger partial charge is 0.354 e. The van der Waals surface area contributed by atoms with Crippen LogP contribution in [0.2, 0.25) is 5.02 Å². The maximum Gasteiger partial charge on any atom is 0.354 e. The van der Waals surface area contributed by atoms with Crippen molar-refractivity contribution in [2.24, 2.45) is 0 Å². The summed E-state index contributed by atoms with van der Waals surface area (Å²) in [7, 11) is -3.11. The molecule has 5 heteroatoms. The molecule has 0 aliphatic rings. The number of rotatable bonds is 6. The standard InChI is InChI=1S/C12H16ClO3P/c1-3-15-17(14,16-4-2)10-9-11-5-7-12(13)8-6-11/h5-10H,3-4H2,1-2H3/b10-9-. The molecular formula is C12H16ClO3P. The van der Waals surface area contributed by atoms with Crippen molar-refractivity contribution < 1.29 is 13.6 Å². The van der Waals surface area contributed by atoms with Crippen molar-refractivity contribution in [1.29, 1.82) is 0 Å². The van der Waals surface area contributed by atoms with Crippen molar-refractivity contribution in [2.75, 3.05) is 13.2 Å². The lowest BCUT2D eigenvalue weighted by molar-refractivity contribution is 0.229. The van der Waals surface area contributed by atoms with Crippen LogP contribution in [0.1, 0.15) is 19.4 Å². The van der Waals surface area contributed by atoms with Crippen LogP contribution in [0.25, 0.3) is 6.08 Å². The summed E-state index contributed by atoms with van der Waals surface area (Å²) < 4.78 is 22.4. The van der Waals surface area contributed by atoms with E-state index in [2.05, 4.69) is 0 Å². The lowest BCUT2D eigenvalue weighted by Gasteiger charge is -2.12. The van der Waals surface area contributed by atoms with Gasteiger partial charge in [0, 0.05) is 10.8 Å². The van der Waals surface area contributed by atoms with Crippen LogP contribution in [0, 0.1) is 0 Å². The summed E-state index contributed by atoms with van der Waals surface area (Å²) >= 11 is 5.77. The van der Waals surface area contributed by atoms with Gasteiger partial charge >= 0.3 is 7.60 Å². The van der Waals surface area contributed by atoms with Gasteiger partial charge in [-0.1, -0.05) is 23.7 Å². The Hall–Kier alpha value is -0.600. The van der Waals surface area contributed by atoms with Crippen LogP contribution in [-0.2, 0) is 13.6 Å². The third kappa shape index (κ3) is 5.05. The third-order valence-corrected chi connectivity index (χ3v) is 3.94. The molecule has 94 valence electrons. The molecule has 0 aromatic heterocycles. The normalized spacial score (nSPS) is 12.2. The van der Waals surface area contributed by atoms with E-state index in [4.69, 9.17) is 20.6 Å². The minimum Gasteiger partial charge on any atom is -0.306 e. The maximum atomic E-state index is 12.1. The summed E-state index contributed by atoms with van der Waals surface area (Å²) in [6.45, 7) is 4.26. The number of hydrogen-bond acceptors (Lipinski definition) is 3. The molecular weight excluding hydrogens is 259 g/mol. The second-order valence-corrected chi connectivity index (χ2v) is 5.57. The Balaban J connectivity index is 2.79. The van der Waals surface area contributed by atoms with Crippen LogP contribution in [0.5, 0.6) is 0 Å². The Bertz CT molecular complexity index is 404. The molecule has 0 radical (unpaired) electrons. The van der Waals surface area contributed by atoms with Gasteiger partial charge in [0.05, 0.1) is 13.2 Å². The summed E-state index contributed by atoms with van der Waals surface area (Å²) in [5, 5.41) is 0.667. The SMILES string of the molecule is CCOP(=O)(/C=C\c1ccc(Cl)cc1)OCC. The molecule has 3 nitrogen and oxygen atoms in total. The highest BCUT2D eigenvalue weighted by Gasteiger charge is 2.18. The topological polar surface area (TPSA) is 35.5 Å². The van der Waals surface area contributed by atoms with E-state index in [-0.39, 0.29) is 0 Å². The fraction of sp³-hybridized carbons (Fsp3) is 0.333. The van der Waals surface area contributed by atoms with Crippen LogP contribution in [-0.4, -0.2) is 13.2 Å². The first-order valence-corrected chi connectivity index (χ1v) is 7.42. The molecule has 0 amide bonds. The Morgan fingerprint density at radius 1 is 1.18 bits per heavy atom.